The van der Waals surface area contributed by atoms with Crippen LogP contribution in [-0.4, -0.2) is 35.7 Å². The lowest BCUT2D eigenvalue weighted by Crippen LogP contribution is -2.49. The van der Waals surface area contributed by atoms with Crippen LogP contribution in [0, 0.1) is 0 Å². The van der Waals surface area contributed by atoms with Crippen LogP contribution in [0.2, 0.25) is 0 Å². The lowest BCUT2D eigenvalue weighted by atomic mass is 9.82. The van der Waals surface area contributed by atoms with Crippen LogP contribution in [0.4, 0.5) is 13.2 Å². The van der Waals surface area contributed by atoms with E-state index in [2.05, 4.69) is 9.46 Å². The van der Waals surface area contributed by atoms with Crippen LogP contribution in [0.15, 0.2) is 23.1 Å². The van der Waals surface area contributed by atoms with Gasteiger partial charge < -0.3 is 14.5 Å². The van der Waals surface area contributed by atoms with E-state index < -0.39 is 17.6 Å². The van der Waals surface area contributed by atoms with Crippen LogP contribution in [0.3, 0.4) is 0 Å². The number of ether oxygens (including phenoxy) is 1. The fourth-order valence-electron chi connectivity index (χ4n) is 1.45. The van der Waals surface area contributed by atoms with Gasteiger partial charge in [0.25, 0.3) is 0 Å². The van der Waals surface area contributed by atoms with E-state index in [1.54, 1.807) is 33.8 Å². The summed E-state index contributed by atoms with van der Waals surface area (Å²) in [5.74, 6) is -0.322. The SMILES string of the molecule is CC(C)(C)NSc1ccc([B]OC(C)(C)C(C)(C)O)cc1OC(F)(F)F. The Hall–Kier alpha value is -0.895. The molecule has 0 aliphatic heterocycles. The molecule has 0 aromatic heterocycles. The zero-order chi connectivity index (χ0) is 20.4. The Kier molecular flexibility index (Phi) is 7.12. The van der Waals surface area contributed by atoms with E-state index in [1.165, 1.54) is 19.6 Å². The smallest absolute Gasteiger partial charge is 0.427 e. The molecule has 147 valence electrons. The molecule has 2 N–H and O–H groups in total. The monoisotopic (exact) mass is 392 g/mol. The van der Waals surface area contributed by atoms with Gasteiger partial charge >= 0.3 is 13.8 Å². The van der Waals surface area contributed by atoms with Crippen molar-refractivity contribution < 1.29 is 27.7 Å². The molecule has 0 fully saturated rings. The van der Waals surface area contributed by atoms with Crippen LogP contribution in [0.1, 0.15) is 48.5 Å². The Bertz CT molecular complexity index is 611. The minimum atomic E-state index is -4.80. The van der Waals surface area contributed by atoms with Crippen molar-refractivity contribution in [3.05, 3.63) is 18.2 Å². The Morgan fingerprint density at radius 2 is 1.62 bits per heavy atom. The summed E-state index contributed by atoms with van der Waals surface area (Å²) < 4.78 is 51.0. The second-order valence-electron chi connectivity index (χ2n) is 8.01. The van der Waals surface area contributed by atoms with E-state index in [1.807, 2.05) is 20.8 Å². The van der Waals surface area contributed by atoms with E-state index in [-0.39, 0.29) is 11.3 Å². The van der Waals surface area contributed by atoms with E-state index >= 15 is 0 Å². The van der Waals surface area contributed by atoms with Crippen LogP contribution < -0.4 is 14.9 Å². The maximum absolute atomic E-state index is 12.7. The molecular weight excluding hydrogens is 366 g/mol. The van der Waals surface area contributed by atoms with E-state index in [4.69, 9.17) is 4.65 Å². The van der Waals surface area contributed by atoms with Crippen molar-refractivity contribution in [2.45, 2.75) is 76.5 Å². The summed E-state index contributed by atoms with van der Waals surface area (Å²) in [6, 6.07) is 4.40. The molecule has 1 aromatic carbocycles. The van der Waals surface area contributed by atoms with E-state index in [9.17, 15) is 18.3 Å². The van der Waals surface area contributed by atoms with Gasteiger partial charge in [0.05, 0.1) is 16.1 Å². The Morgan fingerprint density at radius 1 is 1.04 bits per heavy atom. The average molecular weight is 392 g/mol. The summed E-state index contributed by atoms with van der Waals surface area (Å²) in [4.78, 5) is 0.302. The molecule has 0 aliphatic carbocycles. The van der Waals surface area contributed by atoms with Gasteiger partial charge in [-0.3, -0.25) is 4.72 Å². The molecule has 9 heteroatoms. The number of aliphatic hydroxyl groups is 1. The van der Waals surface area contributed by atoms with E-state index in [0.29, 0.717) is 10.4 Å². The molecule has 0 saturated carbocycles. The Labute approximate surface area is 158 Å². The van der Waals surface area contributed by atoms with Crippen molar-refractivity contribution in [1.82, 2.24) is 4.72 Å². The predicted molar refractivity (Wildman–Crippen MR) is 98.7 cm³/mol. The largest absolute Gasteiger partial charge is 0.573 e. The normalized spacial score (nSPS) is 13.7. The van der Waals surface area contributed by atoms with Crippen molar-refractivity contribution in [2.24, 2.45) is 0 Å². The first-order valence-corrected chi connectivity index (χ1v) is 8.89. The Balaban J connectivity index is 3.00. The predicted octanol–water partition coefficient (Wildman–Crippen LogP) is 3.79. The van der Waals surface area contributed by atoms with Gasteiger partial charge in [-0.25, -0.2) is 0 Å². The fraction of sp³-hybridized carbons (Fsp3) is 0.647. The number of rotatable bonds is 7. The molecule has 0 atom stereocenters. The van der Waals surface area contributed by atoms with Crippen LogP contribution in [0.25, 0.3) is 0 Å². The third-order valence-corrected chi connectivity index (χ3v) is 4.90. The summed E-state index contributed by atoms with van der Waals surface area (Å²) in [6.07, 6.45) is -4.80. The summed E-state index contributed by atoms with van der Waals surface area (Å²) >= 11 is 1.06. The highest BCUT2D eigenvalue weighted by Gasteiger charge is 2.36. The molecule has 0 heterocycles. The lowest BCUT2D eigenvalue weighted by molar-refractivity contribution is -0.275. The molecular formula is C17H26BF3NO3S. The van der Waals surface area contributed by atoms with Gasteiger partial charge in [-0.05, 0) is 78.0 Å². The number of hydrogen-bond donors (Lipinski definition) is 2. The van der Waals surface area contributed by atoms with Gasteiger partial charge in [-0.15, -0.1) is 13.2 Å². The van der Waals surface area contributed by atoms with Crippen molar-refractivity contribution in [3.8, 4) is 5.75 Å². The lowest BCUT2D eigenvalue weighted by Gasteiger charge is -2.37. The first-order valence-electron chi connectivity index (χ1n) is 8.07. The van der Waals surface area contributed by atoms with Crippen LogP contribution in [0.5, 0.6) is 5.75 Å². The third-order valence-electron chi connectivity index (χ3n) is 3.62. The molecule has 1 radical (unpaired) electrons. The number of halogens is 3. The molecule has 0 bridgehead atoms. The van der Waals surface area contributed by atoms with Crippen molar-refractivity contribution >= 4 is 24.9 Å². The standard InChI is InChI=1S/C17H26BF3NO3S/c1-14(2,3)22-26-13-9-8-11(10-12(13)24-17(19,20)21)18-25-16(6,7)15(4,5)23/h8-10,22-23H,1-7H3. The number of hydrogen-bond acceptors (Lipinski definition) is 5. The number of benzene rings is 1. The fourth-order valence-corrected chi connectivity index (χ4v) is 2.21. The van der Waals surface area contributed by atoms with Gasteiger partial charge in [-0.2, -0.15) is 0 Å². The Morgan fingerprint density at radius 3 is 2.08 bits per heavy atom. The molecule has 26 heavy (non-hydrogen) atoms. The minimum absolute atomic E-state index is 0.287. The molecule has 0 aliphatic rings. The van der Waals surface area contributed by atoms with Gasteiger partial charge in [0.2, 0.25) is 0 Å². The minimum Gasteiger partial charge on any atom is -0.427 e. The van der Waals surface area contributed by atoms with Crippen LogP contribution >= 0.6 is 11.9 Å². The first kappa shape index (κ1) is 23.1. The summed E-state index contributed by atoms with van der Waals surface area (Å²) in [6.45, 7) is 12.3. The third kappa shape index (κ3) is 7.78. The van der Waals surface area contributed by atoms with Gasteiger partial charge in [0.1, 0.15) is 5.75 Å². The van der Waals surface area contributed by atoms with Gasteiger partial charge in [0.15, 0.2) is 0 Å². The molecule has 4 nitrogen and oxygen atoms in total. The topological polar surface area (TPSA) is 50.7 Å². The molecule has 0 amide bonds. The molecule has 1 aromatic rings. The van der Waals surface area contributed by atoms with Gasteiger partial charge in [0, 0.05) is 5.54 Å². The molecule has 0 saturated heterocycles. The summed E-state index contributed by atoms with van der Waals surface area (Å²) in [5, 5.41) is 10.1. The zero-order valence-corrected chi connectivity index (χ0v) is 16.9. The van der Waals surface area contributed by atoms with Crippen molar-refractivity contribution in [1.29, 1.82) is 0 Å². The molecule has 1 rings (SSSR count). The summed E-state index contributed by atoms with van der Waals surface area (Å²) in [5.41, 5.74) is -1.97. The summed E-state index contributed by atoms with van der Waals surface area (Å²) in [7, 11) is 1.31. The maximum Gasteiger partial charge on any atom is 0.573 e. The highest BCUT2D eigenvalue weighted by atomic mass is 32.2. The van der Waals surface area contributed by atoms with Gasteiger partial charge in [-0.1, -0.05) is 6.07 Å². The number of alkyl halides is 3. The van der Waals surface area contributed by atoms with Crippen molar-refractivity contribution in [2.75, 3.05) is 0 Å². The highest BCUT2D eigenvalue weighted by molar-refractivity contribution is 7.97. The molecule has 0 spiro atoms. The van der Waals surface area contributed by atoms with Crippen LogP contribution in [-0.2, 0) is 4.65 Å². The first-order chi connectivity index (χ1) is 11.5. The average Bonchev–Trinajstić information content (AvgIpc) is 2.40. The van der Waals surface area contributed by atoms with E-state index in [0.717, 1.165) is 11.9 Å². The quantitative estimate of drug-likeness (QED) is 0.546. The number of nitrogens with one attached hydrogen (secondary N) is 1. The highest BCUT2D eigenvalue weighted by Crippen LogP contribution is 2.32. The second-order valence-corrected chi connectivity index (χ2v) is 8.86. The van der Waals surface area contributed by atoms with Crippen molar-refractivity contribution in [3.63, 3.8) is 0 Å². The maximum atomic E-state index is 12.7. The molecule has 0 unspecified atom stereocenters. The second kappa shape index (κ2) is 8.00. The zero-order valence-electron chi connectivity index (χ0n) is 16.1.